The standard InChI is InChI=1S/C14H16N6O4S/c1-20-14-10(7-18-20)13(16-8-17-14)15-6-9-3-4-11(12(5-9)24-2)19-25(21,22)23/h3-5,7-8,19H,6H2,1-2H3,(H,15,16,17)(H,21,22,23). The summed E-state index contributed by atoms with van der Waals surface area (Å²) in [4.78, 5) is 8.38. The van der Waals surface area contributed by atoms with E-state index in [-0.39, 0.29) is 11.4 Å². The van der Waals surface area contributed by atoms with E-state index >= 15 is 0 Å². The normalized spacial score (nSPS) is 11.5. The number of aromatic nitrogens is 4. The summed E-state index contributed by atoms with van der Waals surface area (Å²) in [6, 6.07) is 4.86. The van der Waals surface area contributed by atoms with E-state index in [0.29, 0.717) is 18.0 Å². The SMILES string of the molecule is COc1cc(CNc2ncnc3c2cnn3C)ccc1NS(=O)(=O)O. The molecule has 0 aliphatic carbocycles. The van der Waals surface area contributed by atoms with Gasteiger partial charge in [-0.05, 0) is 17.7 Å². The van der Waals surface area contributed by atoms with Crippen molar-refractivity contribution in [3.8, 4) is 5.75 Å². The van der Waals surface area contributed by atoms with Crippen LogP contribution in [0.15, 0.2) is 30.7 Å². The Bertz CT molecular complexity index is 1020. The lowest BCUT2D eigenvalue weighted by molar-refractivity contribution is 0.416. The molecule has 0 aliphatic heterocycles. The molecule has 0 radical (unpaired) electrons. The molecule has 3 aromatic rings. The molecular formula is C14H16N6O4S. The van der Waals surface area contributed by atoms with Crippen LogP contribution in [0.1, 0.15) is 5.56 Å². The first-order chi connectivity index (χ1) is 11.9. The molecular weight excluding hydrogens is 348 g/mol. The Labute approximate surface area is 143 Å². The molecule has 0 saturated carbocycles. The van der Waals surface area contributed by atoms with E-state index in [1.165, 1.54) is 19.5 Å². The molecule has 25 heavy (non-hydrogen) atoms. The maximum atomic E-state index is 10.9. The van der Waals surface area contributed by atoms with Crippen molar-refractivity contribution in [2.24, 2.45) is 7.05 Å². The summed E-state index contributed by atoms with van der Waals surface area (Å²) >= 11 is 0. The molecule has 0 saturated heterocycles. The van der Waals surface area contributed by atoms with Crippen molar-refractivity contribution < 1.29 is 17.7 Å². The number of anilines is 2. The minimum atomic E-state index is -4.37. The van der Waals surface area contributed by atoms with Gasteiger partial charge in [0.2, 0.25) is 0 Å². The van der Waals surface area contributed by atoms with Crippen LogP contribution in [0.2, 0.25) is 0 Å². The minimum absolute atomic E-state index is 0.144. The van der Waals surface area contributed by atoms with E-state index in [4.69, 9.17) is 9.29 Å². The Morgan fingerprint density at radius 2 is 2.12 bits per heavy atom. The Hall–Kier alpha value is -2.92. The summed E-state index contributed by atoms with van der Waals surface area (Å²) < 4.78 is 39.6. The van der Waals surface area contributed by atoms with Crippen LogP contribution in [0, 0.1) is 0 Å². The predicted molar refractivity (Wildman–Crippen MR) is 91.8 cm³/mol. The van der Waals surface area contributed by atoms with Gasteiger partial charge in [0, 0.05) is 13.6 Å². The molecule has 3 N–H and O–H groups in total. The van der Waals surface area contributed by atoms with Gasteiger partial charge in [-0.2, -0.15) is 13.5 Å². The van der Waals surface area contributed by atoms with Crippen molar-refractivity contribution in [2.75, 3.05) is 17.1 Å². The number of fused-ring (bicyclic) bond motifs is 1. The predicted octanol–water partition coefficient (Wildman–Crippen LogP) is 1.20. The summed E-state index contributed by atoms with van der Waals surface area (Å²) in [5.74, 6) is 0.920. The number of aryl methyl sites for hydroxylation is 1. The van der Waals surface area contributed by atoms with E-state index in [1.54, 1.807) is 30.1 Å². The van der Waals surface area contributed by atoms with E-state index in [9.17, 15) is 8.42 Å². The monoisotopic (exact) mass is 364 g/mol. The number of ether oxygens (including phenoxy) is 1. The van der Waals surface area contributed by atoms with Gasteiger partial charge in [0.25, 0.3) is 0 Å². The van der Waals surface area contributed by atoms with Crippen LogP contribution in [0.3, 0.4) is 0 Å². The van der Waals surface area contributed by atoms with Gasteiger partial charge in [-0.15, -0.1) is 0 Å². The fraction of sp³-hybridized carbons (Fsp3) is 0.214. The maximum Gasteiger partial charge on any atom is 0.357 e. The van der Waals surface area contributed by atoms with Crippen molar-refractivity contribution in [3.63, 3.8) is 0 Å². The van der Waals surface area contributed by atoms with E-state index in [1.807, 2.05) is 4.72 Å². The Balaban J connectivity index is 1.81. The summed E-state index contributed by atoms with van der Waals surface area (Å²) in [7, 11) is -1.17. The van der Waals surface area contributed by atoms with E-state index in [2.05, 4.69) is 20.4 Å². The zero-order valence-corrected chi connectivity index (χ0v) is 14.3. The third-order valence-corrected chi connectivity index (χ3v) is 3.97. The second-order valence-electron chi connectivity index (χ2n) is 5.19. The Kier molecular flexibility index (Phi) is 4.42. The number of hydrogen-bond acceptors (Lipinski definition) is 7. The Morgan fingerprint density at radius 3 is 2.84 bits per heavy atom. The molecule has 0 spiro atoms. The van der Waals surface area contributed by atoms with E-state index < -0.39 is 10.3 Å². The molecule has 132 valence electrons. The van der Waals surface area contributed by atoms with Crippen LogP contribution >= 0.6 is 0 Å². The zero-order valence-electron chi connectivity index (χ0n) is 13.5. The first-order valence-corrected chi connectivity index (χ1v) is 8.60. The molecule has 3 rings (SSSR count). The molecule has 2 heterocycles. The summed E-state index contributed by atoms with van der Waals surface area (Å²) in [5.41, 5.74) is 1.68. The molecule has 0 atom stereocenters. The van der Waals surface area contributed by atoms with Gasteiger partial charge in [-0.3, -0.25) is 14.0 Å². The van der Waals surface area contributed by atoms with E-state index in [0.717, 1.165) is 10.9 Å². The second kappa shape index (κ2) is 6.53. The first kappa shape index (κ1) is 16.9. The quantitative estimate of drug-likeness (QED) is 0.556. The number of hydrogen-bond donors (Lipinski definition) is 3. The molecule has 11 heteroatoms. The number of nitrogens with zero attached hydrogens (tertiary/aromatic N) is 4. The van der Waals surface area contributed by atoms with Crippen molar-refractivity contribution in [2.45, 2.75) is 6.54 Å². The summed E-state index contributed by atoms with van der Waals surface area (Å²) in [6.45, 7) is 0.420. The smallest absolute Gasteiger partial charge is 0.357 e. The fourth-order valence-electron chi connectivity index (χ4n) is 2.36. The third-order valence-electron chi connectivity index (χ3n) is 3.49. The molecule has 0 unspecified atom stereocenters. The van der Waals surface area contributed by atoms with Gasteiger partial charge in [-0.25, -0.2) is 9.97 Å². The van der Waals surface area contributed by atoms with Crippen molar-refractivity contribution in [1.82, 2.24) is 19.7 Å². The number of rotatable bonds is 6. The largest absolute Gasteiger partial charge is 0.495 e. The molecule has 0 bridgehead atoms. The lowest BCUT2D eigenvalue weighted by Crippen LogP contribution is -2.11. The molecule has 10 nitrogen and oxygen atoms in total. The van der Waals surface area contributed by atoms with Gasteiger partial charge in [0.05, 0.1) is 24.4 Å². The van der Waals surface area contributed by atoms with Crippen LogP contribution in [-0.2, 0) is 23.9 Å². The molecule has 2 aromatic heterocycles. The van der Waals surface area contributed by atoms with Crippen molar-refractivity contribution >= 4 is 32.8 Å². The minimum Gasteiger partial charge on any atom is -0.495 e. The number of methoxy groups -OCH3 is 1. The lowest BCUT2D eigenvalue weighted by atomic mass is 10.2. The van der Waals surface area contributed by atoms with Crippen LogP contribution in [-0.4, -0.2) is 39.8 Å². The van der Waals surface area contributed by atoms with Crippen molar-refractivity contribution in [3.05, 3.63) is 36.3 Å². The van der Waals surface area contributed by atoms with Gasteiger partial charge in [0.1, 0.15) is 17.9 Å². The molecule has 0 fully saturated rings. The highest BCUT2D eigenvalue weighted by Gasteiger charge is 2.11. The molecule has 0 aliphatic rings. The van der Waals surface area contributed by atoms with Crippen molar-refractivity contribution in [1.29, 1.82) is 0 Å². The summed E-state index contributed by atoms with van der Waals surface area (Å²) in [5, 5.41) is 8.13. The van der Waals surface area contributed by atoms with Crippen LogP contribution in [0.25, 0.3) is 11.0 Å². The third kappa shape index (κ3) is 3.78. The van der Waals surface area contributed by atoms with Gasteiger partial charge in [-0.1, -0.05) is 6.07 Å². The first-order valence-electron chi connectivity index (χ1n) is 7.16. The van der Waals surface area contributed by atoms with Crippen LogP contribution in [0.5, 0.6) is 5.75 Å². The topological polar surface area (TPSA) is 131 Å². The zero-order chi connectivity index (χ0) is 18.0. The maximum absolute atomic E-state index is 10.9. The average molecular weight is 364 g/mol. The fourth-order valence-corrected chi connectivity index (χ4v) is 2.80. The average Bonchev–Trinajstić information content (AvgIpc) is 2.94. The highest BCUT2D eigenvalue weighted by atomic mass is 32.2. The summed E-state index contributed by atoms with van der Waals surface area (Å²) in [6.07, 6.45) is 3.13. The lowest BCUT2D eigenvalue weighted by Gasteiger charge is -2.12. The Morgan fingerprint density at radius 1 is 1.32 bits per heavy atom. The number of benzene rings is 1. The van der Waals surface area contributed by atoms with Gasteiger partial charge in [0.15, 0.2) is 5.65 Å². The van der Waals surface area contributed by atoms with Crippen LogP contribution in [0.4, 0.5) is 11.5 Å². The number of nitrogens with one attached hydrogen (secondary N) is 2. The highest BCUT2D eigenvalue weighted by Crippen LogP contribution is 2.27. The van der Waals surface area contributed by atoms with Crippen LogP contribution < -0.4 is 14.8 Å². The highest BCUT2D eigenvalue weighted by molar-refractivity contribution is 7.87. The molecule has 0 amide bonds. The van der Waals surface area contributed by atoms with Gasteiger partial charge >= 0.3 is 10.3 Å². The molecule has 1 aromatic carbocycles. The second-order valence-corrected chi connectivity index (χ2v) is 6.35. The van der Waals surface area contributed by atoms with Gasteiger partial charge < -0.3 is 10.1 Å².